The van der Waals surface area contributed by atoms with Gasteiger partial charge in [0.2, 0.25) is 5.28 Å². The zero-order valence-electron chi connectivity index (χ0n) is 18.8. The number of benzene rings is 1. The van der Waals surface area contributed by atoms with Crippen LogP contribution in [0.15, 0.2) is 36.4 Å². The zero-order chi connectivity index (χ0) is 24.8. The fourth-order valence-electron chi connectivity index (χ4n) is 5.27. The third-order valence-electron chi connectivity index (χ3n) is 6.79. The maximum absolute atomic E-state index is 12.0. The summed E-state index contributed by atoms with van der Waals surface area (Å²) >= 11 is 6.30. The van der Waals surface area contributed by atoms with Gasteiger partial charge in [0, 0.05) is 11.6 Å². The van der Waals surface area contributed by atoms with Crippen LogP contribution in [-0.2, 0) is 20.1 Å². The zero-order valence-corrected chi connectivity index (χ0v) is 21.4. The number of aryl methyl sites for hydroxylation is 1. The van der Waals surface area contributed by atoms with Crippen LogP contribution >= 0.6 is 26.8 Å². The summed E-state index contributed by atoms with van der Waals surface area (Å²) in [5, 5.41) is 8.13. The van der Waals surface area contributed by atoms with E-state index in [1.165, 1.54) is 11.1 Å². The Labute approximate surface area is 207 Å². The molecular formula is C22H27ClN4O6P2. The lowest BCUT2D eigenvalue weighted by Crippen LogP contribution is -2.12. The molecule has 188 valence electrons. The Hall–Kier alpha value is -1.77. The summed E-state index contributed by atoms with van der Waals surface area (Å²) in [5.41, 5.74) is 4.41. The topological polar surface area (TPSA) is 146 Å². The van der Waals surface area contributed by atoms with Gasteiger partial charge in [0.1, 0.15) is 5.52 Å². The van der Waals surface area contributed by atoms with Crippen molar-refractivity contribution in [1.29, 1.82) is 0 Å². The minimum Gasteiger partial charge on any atom is -0.361 e. The molecule has 4 N–H and O–H groups in total. The van der Waals surface area contributed by atoms with Gasteiger partial charge < -0.3 is 24.5 Å². The number of hydrogen-bond donors (Lipinski definition) is 4. The predicted molar refractivity (Wildman–Crippen MR) is 132 cm³/mol. The fraction of sp³-hybridized carbons (Fsp3) is 0.455. The maximum atomic E-state index is 12.0. The molecule has 4 atom stereocenters. The number of halogens is 1. The minimum atomic E-state index is -4.64. The van der Waals surface area contributed by atoms with Crippen molar-refractivity contribution in [3.8, 4) is 0 Å². The second-order valence-corrected chi connectivity index (χ2v) is 13.7. The Morgan fingerprint density at radius 1 is 1.11 bits per heavy atom. The molecule has 10 nitrogen and oxygen atoms in total. The van der Waals surface area contributed by atoms with Crippen molar-refractivity contribution >= 4 is 38.1 Å². The van der Waals surface area contributed by atoms with E-state index in [1.54, 1.807) is 0 Å². The fourth-order valence-corrected chi connectivity index (χ4v) is 8.06. The van der Waals surface area contributed by atoms with E-state index in [0.717, 1.165) is 36.9 Å². The molecule has 5 rings (SSSR count). The number of hydrogen-bond acceptors (Lipinski definition) is 6. The Kier molecular flexibility index (Phi) is 6.83. The number of nitrogens with zero attached hydrogens (tertiary/aromatic N) is 3. The van der Waals surface area contributed by atoms with Crippen LogP contribution in [0.4, 0.5) is 5.82 Å². The summed E-state index contributed by atoms with van der Waals surface area (Å²) < 4.78 is 29.9. The Morgan fingerprint density at radius 3 is 2.71 bits per heavy atom. The molecule has 35 heavy (non-hydrogen) atoms. The van der Waals surface area contributed by atoms with Crippen LogP contribution in [0.2, 0.25) is 5.28 Å². The van der Waals surface area contributed by atoms with Crippen molar-refractivity contribution in [2.45, 2.75) is 44.1 Å². The van der Waals surface area contributed by atoms with Crippen LogP contribution in [0.1, 0.15) is 54.5 Å². The molecular weight excluding hydrogens is 514 g/mol. The van der Waals surface area contributed by atoms with Gasteiger partial charge in [-0.3, -0.25) is 9.13 Å². The molecule has 13 heteroatoms. The van der Waals surface area contributed by atoms with Gasteiger partial charge in [0.25, 0.3) is 0 Å². The molecule has 1 fully saturated rings. The molecule has 2 aliphatic carbocycles. The summed E-state index contributed by atoms with van der Waals surface area (Å²) in [6.07, 6.45) is 4.27. The lowest BCUT2D eigenvalue weighted by atomic mass is 10.0. The van der Waals surface area contributed by atoms with E-state index < -0.39 is 21.1 Å². The van der Waals surface area contributed by atoms with Crippen LogP contribution in [0.5, 0.6) is 0 Å². The van der Waals surface area contributed by atoms with E-state index in [9.17, 15) is 14.0 Å². The second kappa shape index (κ2) is 9.60. The van der Waals surface area contributed by atoms with E-state index in [2.05, 4.69) is 33.6 Å². The highest BCUT2D eigenvalue weighted by atomic mass is 35.5. The quantitative estimate of drug-likeness (QED) is 0.298. The summed E-state index contributed by atoms with van der Waals surface area (Å²) in [4.78, 5) is 32.1. The maximum Gasteiger partial charge on any atom is 0.340 e. The monoisotopic (exact) mass is 540 g/mol. The number of aromatic nitrogens is 3. The number of anilines is 1. The van der Waals surface area contributed by atoms with Crippen LogP contribution in [0.3, 0.4) is 0 Å². The van der Waals surface area contributed by atoms with Crippen LogP contribution in [0.25, 0.3) is 5.52 Å². The summed E-state index contributed by atoms with van der Waals surface area (Å²) in [6.45, 7) is -0.0305. The molecule has 3 aromatic rings. The van der Waals surface area contributed by atoms with Gasteiger partial charge in [-0.2, -0.15) is 4.98 Å². The SMILES string of the molecule is O=P(O)(O)CP(=O)(O)OCC1CC[C@H](c2ccc3c(NC4CCc5ccccc54)nc(Cl)nn23)C1. The van der Waals surface area contributed by atoms with Crippen molar-refractivity contribution in [2.24, 2.45) is 5.92 Å². The van der Waals surface area contributed by atoms with Crippen molar-refractivity contribution in [2.75, 3.05) is 17.8 Å². The molecule has 0 aliphatic heterocycles. The highest BCUT2D eigenvalue weighted by Crippen LogP contribution is 2.56. The molecule has 0 spiro atoms. The normalized spacial score (nSPS) is 23.9. The molecule has 0 bridgehead atoms. The Bertz CT molecular complexity index is 1340. The van der Waals surface area contributed by atoms with Gasteiger partial charge in [-0.25, -0.2) is 4.52 Å². The van der Waals surface area contributed by atoms with E-state index in [-0.39, 0.29) is 29.8 Å². The summed E-state index contributed by atoms with van der Waals surface area (Å²) in [6, 6.07) is 12.5. The molecule has 3 unspecified atom stereocenters. The summed E-state index contributed by atoms with van der Waals surface area (Å²) in [7, 11) is -8.99. The smallest absolute Gasteiger partial charge is 0.340 e. The number of rotatable bonds is 8. The van der Waals surface area contributed by atoms with E-state index >= 15 is 0 Å². The van der Waals surface area contributed by atoms with Gasteiger partial charge >= 0.3 is 15.2 Å². The molecule has 1 aromatic carbocycles. The third kappa shape index (κ3) is 5.65. The second-order valence-electron chi connectivity index (χ2n) is 9.33. The molecule has 0 saturated heterocycles. The molecule has 0 radical (unpaired) electrons. The number of fused-ring (bicyclic) bond motifs is 2. The predicted octanol–water partition coefficient (Wildman–Crippen LogP) is 4.70. The van der Waals surface area contributed by atoms with Crippen molar-refractivity contribution in [3.63, 3.8) is 0 Å². The molecule has 2 aromatic heterocycles. The minimum absolute atomic E-state index is 0.00677. The van der Waals surface area contributed by atoms with E-state index in [1.807, 2.05) is 22.7 Å². The Morgan fingerprint density at radius 2 is 1.91 bits per heavy atom. The first kappa shape index (κ1) is 24.9. The highest BCUT2D eigenvalue weighted by molar-refractivity contribution is 7.70. The van der Waals surface area contributed by atoms with Crippen molar-refractivity contribution in [1.82, 2.24) is 14.6 Å². The Balaban J connectivity index is 1.30. The van der Waals surface area contributed by atoms with E-state index in [0.29, 0.717) is 12.2 Å². The lowest BCUT2D eigenvalue weighted by Gasteiger charge is -2.17. The highest BCUT2D eigenvalue weighted by Gasteiger charge is 2.34. The molecule has 2 heterocycles. The molecule has 1 saturated carbocycles. The average Bonchev–Trinajstić information content (AvgIpc) is 3.49. The van der Waals surface area contributed by atoms with Gasteiger partial charge in [-0.1, -0.05) is 24.3 Å². The van der Waals surface area contributed by atoms with Crippen LogP contribution in [0, 0.1) is 5.92 Å². The summed E-state index contributed by atoms with van der Waals surface area (Å²) in [5.74, 6) is -0.366. The van der Waals surface area contributed by atoms with Crippen molar-refractivity contribution in [3.05, 3.63) is 58.5 Å². The van der Waals surface area contributed by atoms with Crippen LogP contribution < -0.4 is 5.32 Å². The number of nitrogens with one attached hydrogen (secondary N) is 1. The van der Waals surface area contributed by atoms with Crippen molar-refractivity contribution < 1.29 is 28.3 Å². The average molecular weight is 541 g/mol. The largest absolute Gasteiger partial charge is 0.361 e. The molecule has 0 amide bonds. The van der Waals surface area contributed by atoms with Gasteiger partial charge in [-0.05, 0) is 72.9 Å². The standard InChI is InChI=1S/C22H27ClN4O6P2/c23-22-25-21(24-18-8-7-15-3-1-2-4-17(15)18)20-10-9-19(27(20)26-22)16-6-5-14(11-16)12-33-35(31,32)13-34(28,29)30/h1-4,9-10,14,16,18H,5-8,11-13H2,(H,31,32)(H,24,25,26)(H2,28,29,30)/t14?,16-,18?/m0/s1. The first-order valence-electron chi connectivity index (χ1n) is 11.5. The van der Waals surface area contributed by atoms with E-state index in [4.69, 9.17) is 25.9 Å². The van der Waals surface area contributed by atoms with Crippen LogP contribution in [-0.4, -0.2) is 41.8 Å². The molecule has 2 aliphatic rings. The lowest BCUT2D eigenvalue weighted by molar-refractivity contribution is 0.217. The van der Waals surface area contributed by atoms with Gasteiger partial charge in [0.05, 0.1) is 12.6 Å². The van der Waals surface area contributed by atoms with Gasteiger partial charge in [-0.15, -0.1) is 5.10 Å². The third-order valence-corrected chi connectivity index (χ3v) is 10.4. The first-order valence-corrected chi connectivity index (χ1v) is 15.4. The first-order chi connectivity index (χ1) is 16.6. The van der Waals surface area contributed by atoms with Gasteiger partial charge in [0.15, 0.2) is 11.7 Å².